The number of benzene rings is 8. The fourth-order valence-corrected chi connectivity index (χ4v) is 12.1. The van der Waals surface area contributed by atoms with Gasteiger partial charge in [0.2, 0.25) is 0 Å². The minimum absolute atomic E-state index is 0.367. The van der Waals surface area contributed by atoms with Gasteiger partial charge in [0.05, 0.1) is 22.2 Å². The minimum Gasteiger partial charge on any atom is -0.478 e. The van der Waals surface area contributed by atoms with Crippen molar-refractivity contribution < 1.29 is 19.8 Å². The van der Waals surface area contributed by atoms with E-state index in [0.717, 1.165) is 56.7 Å². The number of aryl methyl sites for hydroxylation is 2. The third-order valence-electron chi connectivity index (χ3n) is 11.8. The number of aromatic nitrogens is 2. The fourth-order valence-electron chi connectivity index (χ4n) is 9.61. The van der Waals surface area contributed by atoms with Gasteiger partial charge in [0.1, 0.15) is 0 Å². The molecule has 0 aliphatic carbocycles. The summed E-state index contributed by atoms with van der Waals surface area (Å²) < 4.78 is 9.45. The van der Waals surface area contributed by atoms with Crippen molar-refractivity contribution in [2.75, 3.05) is 0 Å². The van der Waals surface area contributed by atoms with Gasteiger partial charge < -0.3 is 19.3 Å². The van der Waals surface area contributed by atoms with E-state index in [9.17, 15) is 19.8 Å². The molecule has 0 aliphatic rings. The predicted octanol–water partition coefficient (Wildman–Crippen LogP) is 14.1. The van der Waals surface area contributed by atoms with Gasteiger partial charge in [-0.2, -0.15) is 0 Å². The molecule has 58 heavy (non-hydrogen) atoms. The van der Waals surface area contributed by atoms with Crippen LogP contribution in [0.1, 0.15) is 34.6 Å². The molecule has 0 bridgehead atoms. The zero-order chi connectivity index (χ0) is 39.4. The third kappa shape index (κ3) is 4.64. The highest BCUT2D eigenvalue weighted by Gasteiger charge is 2.25. The number of thiophene rings is 2. The number of hydrogen-bond acceptors (Lipinski definition) is 4. The van der Waals surface area contributed by atoms with E-state index in [0.29, 0.717) is 11.1 Å². The normalized spacial score (nSPS) is 12.0. The summed E-state index contributed by atoms with van der Waals surface area (Å²) in [5, 5.41) is 33.3. The number of rotatable bonds is 4. The second-order valence-corrected chi connectivity index (χ2v) is 16.7. The largest absolute Gasteiger partial charge is 0.478 e. The van der Waals surface area contributed by atoms with Gasteiger partial charge in [-0.15, -0.1) is 22.7 Å². The molecule has 4 heterocycles. The van der Waals surface area contributed by atoms with E-state index in [1.807, 2.05) is 24.3 Å². The third-order valence-corrected chi connectivity index (χ3v) is 14.2. The highest BCUT2D eigenvalue weighted by molar-refractivity contribution is 7.27. The molecule has 0 saturated carbocycles. The Balaban J connectivity index is 0.000000133. The molecule has 8 heteroatoms. The summed E-state index contributed by atoms with van der Waals surface area (Å²) in [6, 6.07) is 45.1. The first-order valence-corrected chi connectivity index (χ1v) is 21.0. The van der Waals surface area contributed by atoms with E-state index in [1.165, 1.54) is 61.9 Å². The molecule has 0 fully saturated rings. The second-order valence-electron chi connectivity index (χ2n) is 14.6. The van der Waals surface area contributed by atoms with Crippen LogP contribution in [-0.4, -0.2) is 31.3 Å². The van der Waals surface area contributed by atoms with Crippen LogP contribution in [0.3, 0.4) is 0 Å². The summed E-state index contributed by atoms with van der Waals surface area (Å²) in [4.78, 5) is 24.3. The van der Waals surface area contributed by atoms with Crippen molar-refractivity contribution in [2.45, 2.75) is 26.9 Å². The van der Waals surface area contributed by atoms with Crippen molar-refractivity contribution in [3.63, 3.8) is 0 Å². The standard InChI is InChI=1S/2C25H17NO2S/c2*1-2-26-18-12-7-11-17(25(27)28)20(18)22-21-16-10-5-6-13-19(16)29-24(21)15-9-4-3-8-14(15)23(22)26/h2*3-13H,2H2,1H3,(H,27,28). The zero-order valence-electron chi connectivity index (χ0n) is 31.5. The Morgan fingerprint density at radius 1 is 0.431 bits per heavy atom. The van der Waals surface area contributed by atoms with Crippen LogP contribution in [0.15, 0.2) is 133 Å². The molecule has 4 aromatic heterocycles. The smallest absolute Gasteiger partial charge is 0.336 e. The van der Waals surface area contributed by atoms with Crippen LogP contribution in [0, 0.1) is 0 Å². The number of hydrogen-bond donors (Lipinski definition) is 2. The van der Waals surface area contributed by atoms with Gasteiger partial charge in [-0.1, -0.05) is 97.1 Å². The molecule has 8 aromatic carbocycles. The first-order valence-electron chi connectivity index (χ1n) is 19.4. The van der Waals surface area contributed by atoms with Crippen LogP contribution in [0.25, 0.3) is 106 Å². The monoisotopic (exact) mass is 790 g/mol. The average Bonchev–Trinajstić information content (AvgIpc) is 4.01. The molecule has 6 nitrogen and oxygen atoms in total. The lowest BCUT2D eigenvalue weighted by Crippen LogP contribution is -1.97. The quantitative estimate of drug-likeness (QED) is 0.186. The first-order chi connectivity index (χ1) is 28.4. The van der Waals surface area contributed by atoms with E-state index >= 15 is 0 Å². The van der Waals surface area contributed by atoms with Gasteiger partial charge in [0.15, 0.2) is 0 Å². The van der Waals surface area contributed by atoms with E-state index in [1.54, 1.807) is 34.8 Å². The van der Waals surface area contributed by atoms with Gasteiger partial charge in [-0.25, -0.2) is 9.59 Å². The molecule has 2 N–H and O–H groups in total. The van der Waals surface area contributed by atoms with Crippen molar-refractivity contribution in [2.24, 2.45) is 0 Å². The zero-order valence-corrected chi connectivity index (χ0v) is 33.2. The van der Waals surface area contributed by atoms with Crippen LogP contribution >= 0.6 is 22.7 Å². The highest BCUT2D eigenvalue weighted by atomic mass is 32.1. The van der Waals surface area contributed by atoms with Crippen molar-refractivity contribution in [1.29, 1.82) is 0 Å². The van der Waals surface area contributed by atoms with Crippen LogP contribution in [0.4, 0.5) is 0 Å². The summed E-state index contributed by atoms with van der Waals surface area (Å²) in [7, 11) is 0. The number of carbonyl (C=O) groups is 2. The Kier molecular flexibility index (Phi) is 7.67. The molecule has 0 amide bonds. The minimum atomic E-state index is -0.883. The SMILES string of the molecule is CCn1c2cccc(C(=O)O)c2c2c3c4ccccc4sc3c3ccccc3c21.CCn1c2cccc(C(=O)O)c2c2c3c4ccccc4sc3c3ccccc3c21. The average molecular weight is 791 g/mol. The number of carboxylic acid groups (broad SMARTS) is 2. The van der Waals surface area contributed by atoms with Crippen molar-refractivity contribution in [3.8, 4) is 0 Å². The molecule has 280 valence electrons. The van der Waals surface area contributed by atoms with Crippen molar-refractivity contribution in [1.82, 2.24) is 9.13 Å². The summed E-state index contributed by atoms with van der Waals surface area (Å²) in [5.74, 6) is -1.77. The highest BCUT2D eigenvalue weighted by Crippen LogP contribution is 2.49. The van der Waals surface area contributed by atoms with E-state index in [2.05, 4.69) is 120 Å². The van der Waals surface area contributed by atoms with Gasteiger partial charge >= 0.3 is 11.9 Å². The van der Waals surface area contributed by atoms with Crippen LogP contribution in [-0.2, 0) is 13.1 Å². The maximum Gasteiger partial charge on any atom is 0.336 e. The van der Waals surface area contributed by atoms with Gasteiger partial charge in [0, 0.05) is 108 Å². The molecule has 12 rings (SSSR count). The molecule has 12 aromatic rings. The molecule has 0 aliphatic heterocycles. The van der Waals surface area contributed by atoms with Crippen LogP contribution in [0.5, 0.6) is 0 Å². The van der Waals surface area contributed by atoms with E-state index < -0.39 is 11.9 Å². The topological polar surface area (TPSA) is 84.5 Å². The molecule has 0 atom stereocenters. The number of carboxylic acids is 2. The van der Waals surface area contributed by atoms with Crippen LogP contribution < -0.4 is 0 Å². The summed E-state index contributed by atoms with van der Waals surface area (Å²) in [6.07, 6.45) is 0. The molecule has 0 spiro atoms. The Labute approximate surface area is 339 Å². The molecular weight excluding hydrogens is 757 g/mol. The first kappa shape index (κ1) is 34.5. The summed E-state index contributed by atoms with van der Waals surface area (Å²) >= 11 is 3.58. The van der Waals surface area contributed by atoms with Crippen LogP contribution in [0.2, 0.25) is 0 Å². The molecule has 0 unspecified atom stereocenters. The van der Waals surface area contributed by atoms with Gasteiger partial charge in [0.25, 0.3) is 0 Å². The molecule has 0 saturated heterocycles. The molecular formula is C50H34N2O4S2. The number of aromatic carboxylic acids is 2. The Hall–Kier alpha value is -6.74. The summed E-state index contributed by atoms with van der Waals surface area (Å²) in [6.45, 7) is 5.80. The Morgan fingerprint density at radius 3 is 1.17 bits per heavy atom. The number of fused-ring (bicyclic) bond motifs is 20. The maximum atomic E-state index is 12.2. The van der Waals surface area contributed by atoms with Crippen molar-refractivity contribution in [3.05, 3.63) is 145 Å². The Bertz CT molecular complexity index is 3490. The Morgan fingerprint density at radius 2 is 0.793 bits per heavy atom. The lowest BCUT2D eigenvalue weighted by atomic mass is 9.98. The maximum absolute atomic E-state index is 12.2. The summed E-state index contributed by atoms with van der Waals surface area (Å²) in [5.41, 5.74) is 4.95. The predicted molar refractivity (Wildman–Crippen MR) is 245 cm³/mol. The van der Waals surface area contributed by atoms with Crippen molar-refractivity contribution >= 4 is 140 Å². The number of nitrogens with zero attached hydrogens (tertiary/aromatic N) is 2. The van der Waals surface area contributed by atoms with E-state index in [4.69, 9.17) is 0 Å². The fraction of sp³-hybridized carbons (Fsp3) is 0.0800. The van der Waals surface area contributed by atoms with E-state index in [-0.39, 0.29) is 0 Å². The van der Waals surface area contributed by atoms with Gasteiger partial charge in [-0.3, -0.25) is 0 Å². The molecule has 0 radical (unpaired) electrons. The van der Waals surface area contributed by atoms with Gasteiger partial charge in [-0.05, 0) is 50.2 Å². The lowest BCUT2D eigenvalue weighted by molar-refractivity contribution is 0.0688. The second kappa shape index (κ2) is 12.9. The lowest BCUT2D eigenvalue weighted by Gasteiger charge is -2.08.